The molecule has 0 unspecified atom stereocenters. The Hall–Kier alpha value is -2.82. The van der Waals surface area contributed by atoms with Crippen LogP contribution < -0.4 is 4.80 Å². The van der Waals surface area contributed by atoms with E-state index in [1.54, 1.807) is 7.11 Å². The van der Waals surface area contributed by atoms with Crippen LogP contribution in [0.4, 0.5) is 0 Å². The highest BCUT2D eigenvalue weighted by atomic mass is 35.5. The molecule has 0 saturated heterocycles. The molecule has 7 nitrogen and oxygen atoms in total. The first-order valence-corrected chi connectivity index (χ1v) is 14.5. The van der Waals surface area contributed by atoms with E-state index in [0.29, 0.717) is 48.0 Å². The summed E-state index contributed by atoms with van der Waals surface area (Å²) in [5, 5.41) is 0.642. The molecule has 0 atom stereocenters. The van der Waals surface area contributed by atoms with Crippen LogP contribution in [-0.4, -0.2) is 43.5 Å². The van der Waals surface area contributed by atoms with Crippen molar-refractivity contribution in [3.63, 3.8) is 0 Å². The number of amides is 1. The smallest absolute Gasteiger partial charge is 0.279 e. The Labute approximate surface area is 224 Å². The molecule has 4 aromatic rings. The Balaban J connectivity index is 1.43. The quantitative estimate of drug-likeness (QED) is 0.342. The molecule has 0 bridgehead atoms. The zero-order valence-electron chi connectivity index (χ0n) is 20.5. The normalized spacial score (nSPS) is 14.7. The molecule has 0 radical (unpaired) electrons. The van der Waals surface area contributed by atoms with Crippen molar-refractivity contribution in [3.8, 4) is 0 Å². The van der Waals surface area contributed by atoms with Crippen LogP contribution >= 0.6 is 22.9 Å². The fourth-order valence-corrected chi connectivity index (χ4v) is 7.22. The average Bonchev–Trinajstić information content (AvgIpc) is 3.26. The second-order valence-electron chi connectivity index (χ2n) is 8.85. The molecular weight excluding hydrogens is 530 g/mol. The second-order valence-corrected chi connectivity index (χ2v) is 12.2. The number of rotatable bonds is 6. The number of halogens is 1. The summed E-state index contributed by atoms with van der Waals surface area (Å²) in [7, 11) is -2.07. The second kappa shape index (κ2) is 10.5. The number of aryl methyl sites for hydroxylation is 1. The van der Waals surface area contributed by atoms with E-state index in [-0.39, 0.29) is 4.90 Å². The molecular formula is C27H26ClN3O4S2. The number of nitrogens with zero attached hydrogens (tertiary/aromatic N) is 3. The van der Waals surface area contributed by atoms with Gasteiger partial charge in [0.1, 0.15) is 0 Å². The number of carbonyl (C=O) groups excluding carboxylic acids is 1. The number of carbonyl (C=O) groups is 1. The summed E-state index contributed by atoms with van der Waals surface area (Å²) >= 11 is 7.75. The van der Waals surface area contributed by atoms with Gasteiger partial charge in [-0.05, 0) is 66.4 Å². The van der Waals surface area contributed by atoms with E-state index < -0.39 is 15.9 Å². The molecule has 37 heavy (non-hydrogen) atoms. The topological polar surface area (TPSA) is 81.0 Å². The summed E-state index contributed by atoms with van der Waals surface area (Å²) in [6, 6.07) is 17.6. The standard InChI is InChI=1S/C27H26ClN3O4S2/c1-18-23(28)11-12-24-25(18)31(15-16-35-2)27(36-24)29-26(32)20-7-9-22(10-8-20)37(33,34)30-14-13-19-5-3-4-6-21(19)17-30/h3-12H,13-17H2,1-2H3. The highest BCUT2D eigenvalue weighted by molar-refractivity contribution is 7.89. The van der Waals surface area contributed by atoms with Crippen LogP contribution in [0.3, 0.4) is 0 Å². The van der Waals surface area contributed by atoms with Gasteiger partial charge in [0.15, 0.2) is 4.80 Å². The first kappa shape index (κ1) is 25.8. The number of fused-ring (bicyclic) bond motifs is 2. The van der Waals surface area contributed by atoms with E-state index in [2.05, 4.69) is 4.99 Å². The third-order valence-electron chi connectivity index (χ3n) is 6.58. The maximum absolute atomic E-state index is 13.3. The van der Waals surface area contributed by atoms with Gasteiger partial charge in [-0.3, -0.25) is 4.79 Å². The Morgan fingerprint density at radius 1 is 1.08 bits per heavy atom. The van der Waals surface area contributed by atoms with Crippen LogP contribution in [0.2, 0.25) is 5.02 Å². The SMILES string of the molecule is COCCn1c(=NC(=O)c2ccc(S(=O)(=O)N3CCc4ccccc4C3)cc2)sc2ccc(Cl)c(C)c21. The van der Waals surface area contributed by atoms with Gasteiger partial charge < -0.3 is 9.30 Å². The van der Waals surface area contributed by atoms with Crippen LogP contribution in [-0.2, 0) is 34.3 Å². The number of hydrogen-bond donors (Lipinski definition) is 0. The van der Waals surface area contributed by atoms with E-state index in [0.717, 1.165) is 21.3 Å². The van der Waals surface area contributed by atoms with Gasteiger partial charge in [0, 0.05) is 37.3 Å². The van der Waals surface area contributed by atoms with Gasteiger partial charge in [0.2, 0.25) is 10.0 Å². The molecule has 192 valence electrons. The van der Waals surface area contributed by atoms with Crippen molar-refractivity contribution in [2.45, 2.75) is 31.3 Å². The van der Waals surface area contributed by atoms with Gasteiger partial charge in [-0.15, -0.1) is 0 Å². The number of sulfonamides is 1. The number of hydrogen-bond acceptors (Lipinski definition) is 5. The molecule has 2 heterocycles. The number of methoxy groups -OCH3 is 1. The third kappa shape index (κ3) is 5.02. The van der Waals surface area contributed by atoms with Crippen LogP contribution in [0.5, 0.6) is 0 Å². The van der Waals surface area contributed by atoms with Gasteiger partial charge in [0.05, 0.1) is 21.7 Å². The highest BCUT2D eigenvalue weighted by Gasteiger charge is 2.28. The van der Waals surface area contributed by atoms with Crippen LogP contribution in [0.15, 0.2) is 70.6 Å². The summed E-state index contributed by atoms with van der Waals surface area (Å²) in [6.07, 6.45) is 0.674. The average molecular weight is 556 g/mol. The molecule has 0 saturated carbocycles. The zero-order chi connectivity index (χ0) is 26.2. The molecule has 0 N–H and O–H groups in total. The monoisotopic (exact) mass is 555 g/mol. The fourth-order valence-electron chi connectivity index (χ4n) is 4.54. The van der Waals surface area contributed by atoms with Crippen LogP contribution in [0.25, 0.3) is 10.2 Å². The minimum atomic E-state index is -3.69. The van der Waals surface area contributed by atoms with Crippen molar-refractivity contribution in [2.24, 2.45) is 4.99 Å². The van der Waals surface area contributed by atoms with E-state index in [9.17, 15) is 13.2 Å². The summed E-state index contributed by atoms with van der Waals surface area (Å²) in [6.45, 7) is 3.66. The number of aromatic nitrogens is 1. The van der Waals surface area contributed by atoms with E-state index in [4.69, 9.17) is 16.3 Å². The number of thiazole rings is 1. The summed E-state index contributed by atoms with van der Waals surface area (Å²) in [4.78, 5) is 18.2. The lowest BCUT2D eigenvalue weighted by Gasteiger charge is -2.28. The molecule has 1 amide bonds. The maximum Gasteiger partial charge on any atom is 0.279 e. The molecule has 3 aromatic carbocycles. The van der Waals surface area contributed by atoms with Gasteiger partial charge in [-0.1, -0.05) is 47.2 Å². The summed E-state index contributed by atoms with van der Waals surface area (Å²) < 4.78 is 36.2. The van der Waals surface area contributed by atoms with Crippen molar-refractivity contribution in [2.75, 3.05) is 20.3 Å². The summed E-state index contributed by atoms with van der Waals surface area (Å²) in [5.41, 5.74) is 4.34. The molecule has 10 heteroatoms. The lowest BCUT2D eigenvalue weighted by molar-refractivity contribution is 0.0997. The van der Waals surface area contributed by atoms with Crippen molar-refractivity contribution in [1.82, 2.24) is 8.87 Å². The van der Waals surface area contributed by atoms with E-state index in [1.165, 1.54) is 45.5 Å². The number of ether oxygens (including phenoxy) is 1. The molecule has 1 aliphatic rings. The fraction of sp³-hybridized carbons (Fsp3) is 0.259. The van der Waals surface area contributed by atoms with Gasteiger partial charge >= 0.3 is 0 Å². The van der Waals surface area contributed by atoms with E-state index >= 15 is 0 Å². The Morgan fingerprint density at radius 2 is 1.81 bits per heavy atom. The lowest BCUT2D eigenvalue weighted by atomic mass is 10.0. The van der Waals surface area contributed by atoms with Crippen molar-refractivity contribution >= 4 is 49.1 Å². The van der Waals surface area contributed by atoms with Crippen molar-refractivity contribution in [1.29, 1.82) is 0 Å². The lowest BCUT2D eigenvalue weighted by Crippen LogP contribution is -2.35. The zero-order valence-corrected chi connectivity index (χ0v) is 22.9. The minimum Gasteiger partial charge on any atom is -0.383 e. The molecule has 0 fully saturated rings. The maximum atomic E-state index is 13.3. The summed E-state index contributed by atoms with van der Waals surface area (Å²) in [5.74, 6) is -0.447. The Kier molecular flexibility index (Phi) is 7.33. The Morgan fingerprint density at radius 3 is 2.54 bits per heavy atom. The predicted molar refractivity (Wildman–Crippen MR) is 146 cm³/mol. The molecule has 1 aliphatic heterocycles. The molecule has 0 spiro atoms. The van der Waals surface area contributed by atoms with Gasteiger partial charge in [0.25, 0.3) is 5.91 Å². The Bertz CT molecular complexity index is 1660. The highest BCUT2D eigenvalue weighted by Crippen LogP contribution is 2.28. The number of benzene rings is 3. The first-order chi connectivity index (χ1) is 17.8. The molecule has 5 rings (SSSR count). The first-order valence-electron chi connectivity index (χ1n) is 11.8. The van der Waals surface area contributed by atoms with Crippen LogP contribution in [0.1, 0.15) is 27.0 Å². The molecule has 1 aromatic heterocycles. The third-order valence-corrected chi connectivity index (χ3v) is 9.89. The minimum absolute atomic E-state index is 0.158. The molecule has 0 aliphatic carbocycles. The van der Waals surface area contributed by atoms with Crippen molar-refractivity contribution < 1.29 is 17.9 Å². The predicted octanol–water partition coefficient (Wildman–Crippen LogP) is 4.80. The van der Waals surface area contributed by atoms with E-state index in [1.807, 2.05) is 47.9 Å². The van der Waals surface area contributed by atoms with Crippen molar-refractivity contribution in [3.05, 3.63) is 92.7 Å². The van der Waals surface area contributed by atoms with Gasteiger partial charge in [-0.25, -0.2) is 8.42 Å². The van der Waals surface area contributed by atoms with Gasteiger partial charge in [-0.2, -0.15) is 9.30 Å². The largest absolute Gasteiger partial charge is 0.383 e. The van der Waals surface area contributed by atoms with Crippen LogP contribution in [0, 0.1) is 6.92 Å².